The maximum Gasteiger partial charge on any atom is 1.00 e. The van der Waals surface area contributed by atoms with Crippen LogP contribution >= 0.6 is 0 Å². The number of hydrogen-bond donors (Lipinski definition) is 0. The van der Waals surface area contributed by atoms with Crippen molar-refractivity contribution in [1.29, 1.82) is 0 Å². The van der Waals surface area contributed by atoms with E-state index in [1.807, 2.05) is 0 Å². The minimum Gasteiger partial charge on any atom is -0.327 e. The van der Waals surface area contributed by atoms with Crippen molar-refractivity contribution in [1.82, 2.24) is 0 Å². The summed E-state index contributed by atoms with van der Waals surface area (Å²) in [5.74, 6) is 0.895. The summed E-state index contributed by atoms with van der Waals surface area (Å²) in [6.45, 7) is 11.8. The summed E-state index contributed by atoms with van der Waals surface area (Å²) in [6, 6.07) is 2.56. The fraction of sp³-hybridized carbons (Fsp3) is 0.889. The van der Waals surface area contributed by atoms with Crippen LogP contribution in [0, 0.1) is 12.0 Å². The molecule has 0 aromatic rings. The van der Waals surface area contributed by atoms with Gasteiger partial charge in [0.15, 0.2) is 0 Å². The first-order valence-corrected chi connectivity index (χ1v) is 7.88. The van der Waals surface area contributed by atoms with Gasteiger partial charge in [0, 0.05) is 0 Å². The molecule has 62 valence electrons. The van der Waals surface area contributed by atoms with Gasteiger partial charge in [-0.3, -0.25) is 0 Å². The summed E-state index contributed by atoms with van der Waals surface area (Å²) in [5, 5.41) is 0. The average molecular weight is 164 g/mol. The molecule has 0 aliphatic rings. The van der Waals surface area contributed by atoms with Gasteiger partial charge in [-0.15, -0.1) is 8.07 Å². The molecule has 1 atom stereocenters. The molecule has 0 bridgehead atoms. The fourth-order valence-electron chi connectivity index (χ4n) is 0.721. The largest absolute Gasteiger partial charge is 1.00 e. The molecule has 0 heterocycles. The number of hydrogen-bond acceptors (Lipinski definition) is 0. The second kappa shape index (κ2) is 6.34. The van der Waals surface area contributed by atoms with Crippen LogP contribution in [0.1, 0.15) is 26.7 Å². The molecule has 0 spiro atoms. The van der Waals surface area contributed by atoms with E-state index in [0.717, 1.165) is 5.92 Å². The quantitative estimate of drug-likeness (QED) is 0.419. The Kier molecular flexibility index (Phi) is 8.27. The zero-order valence-corrected chi connectivity index (χ0v) is 10.1. The molecule has 1 unspecified atom stereocenters. The van der Waals surface area contributed by atoms with Crippen LogP contribution < -0.4 is 18.9 Å². The minimum atomic E-state index is -0.861. The van der Waals surface area contributed by atoms with Crippen molar-refractivity contribution in [3.63, 3.8) is 0 Å². The Balaban J connectivity index is 0. The van der Waals surface area contributed by atoms with Crippen LogP contribution in [0.15, 0.2) is 0 Å². The van der Waals surface area contributed by atoms with Gasteiger partial charge in [0.25, 0.3) is 0 Å². The Bertz CT molecular complexity index is 86.1. The standard InChI is InChI=1S/C9H21Si.Li/c1-6-9(2)7-8-10(3,4)5;/h8-9H,6-7H2,1-5H3;/q-1;+1. The Morgan fingerprint density at radius 2 is 1.73 bits per heavy atom. The molecule has 0 amide bonds. The van der Waals surface area contributed by atoms with Gasteiger partial charge in [-0.2, -0.15) is 6.42 Å². The van der Waals surface area contributed by atoms with Gasteiger partial charge in [-0.1, -0.05) is 45.8 Å². The summed E-state index contributed by atoms with van der Waals surface area (Å²) < 4.78 is 0. The summed E-state index contributed by atoms with van der Waals surface area (Å²) in [5.41, 5.74) is 0. The third-order valence-corrected chi connectivity index (χ3v) is 3.29. The Morgan fingerprint density at radius 1 is 1.27 bits per heavy atom. The maximum absolute atomic E-state index is 2.56. The van der Waals surface area contributed by atoms with Gasteiger partial charge in [0.05, 0.1) is 0 Å². The molecule has 0 nitrogen and oxygen atoms in total. The maximum atomic E-state index is 2.56. The van der Waals surface area contributed by atoms with E-state index in [1.165, 1.54) is 12.8 Å². The third-order valence-electron chi connectivity index (χ3n) is 1.83. The van der Waals surface area contributed by atoms with E-state index in [1.54, 1.807) is 0 Å². The van der Waals surface area contributed by atoms with Crippen molar-refractivity contribution in [2.45, 2.75) is 46.3 Å². The summed E-state index contributed by atoms with van der Waals surface area (Å²) in [7, 11) is -0.861. The molecule has 0 rings (SSSR count). The van der Waals surface area contributed by atoms with Gasteiger partial charge >= 0.3 is 18.9 Å². The van der Waals surface area contributed by atoms with Gasteiger partial charge in [0.1, 0.15) is 0 Å². The molecule has 0 N–H and O–H groups in total. The first-order valence-electron chi connectivity index (χ1n) is 4.30. The molecule has 0 fully saturated rings. The van der Waals surface area contributed by atoms with Gasteiger partial charge < -0.3 is 6.04 Å². The van der Waals surface area contributed by atoms with Crippen LogP contribution in [0.2, 0.25) is 19.6 Å². The van der Waals surface area contributed by atoms with Gasteiger partial charge in [-0.25, -0.2) is 0 Å². The topological polar surface area (TPSA) is 0 Å². The van der Waals surface area contributed by atoms with Gasteiger partial charge in [-0.05, 0) is 0 Å². The van der Waals surface area contributed by atoms with Crippen molar-refractivity contribution < 1.29 is 18.9 Å². The second-order valence-electron chi connectivity index (χ2n) is 4.32. The predicted molar refractivity (Wildman–Crippen MR) is 51.7 cm³/mol. The third kappa shape index (κ3) is 10.8. The van der Waals surface area contributed by atoms with E-state index in [9.17, 15) is 0 Å². The minimum absolute atomic E-state index is 0. The van der Waals surface area contributed by atoms with E-state index in [2.05, 4.69) is 39.5 Å². The normalized spacial score (nSPS) is 13.9. The molecule has 0 saturated carbocycles. The Labute approximate surface area is 85.3 Å². The molecule has 11 heavy (non-hydrogen) atoms. The van der Waals surface area contributed by atoms with Crippen LogP contribution in [0.5, 0.6) is 0 Å². The van der Waals surface area contributed by atoms with Crippen LogP contribution in [-0.4, -0.2) is 8.07 Å². The van der Waals surface area contributed by atoms with Crippen molar-refractivity contribution in [2.75, 3.05) is 0 Å². The van der Waals surface area contributed by atoms with E-state index in [-0.39, 0.29) is 18.9 Å². The second-order valence-corrected chi connectivity index (χ2v) is 9.46. The monoisotopic (exact) mass is 164 g/mol. The van der Waals surface area contributed by atoms with Crippen LogP contribution in [0.4, 0.5) is 0 Å². The van der Waals surface area contributed by atoms with Crippen LogP contribution in [0.25, 0.3) is 0 Å². The first kappa shape index (κ1) is 14.3. The number of rotatable bonds is 4. The van der Waals surface area contributed by atoms with E-state index >= 15 is 0 Å². The Hall–Kier alpha value is 0.814. The molecular weight excluding hydrogens is 143 g/mol. The van der Waals surface area contributed by atoms with Crippen molar-refractivity contribution in [2.24, 2.45) is 5.92 Å². The van der Waals surface area contributed by atoms with Crippen molar-refractivity contribution in [3.05, 3.63) is 6.04 Å². The zero-order chi connectivity index (χ0) is 8.20. The first-order chi connectivity index (χ1) is 4.45. The van der Waals surface area contributed by atoms with Crippen LogP contribution in [0.3, 0.4) is 0 Å². The Morgan fingerprint density at radius 3 is 2.00 bits per heavy atom. The van der Waals surface area contributed by atoms with Gasteiger partial charge in [0.2, 0.25) is 0 Å². The smallest absolute Gasteiger partial charge is 0.327 e. The molecule has 0 aromatic heterocycles. The predicted octanol–water partition coefficient (Wildman–Crippen LogP) is 0.508. The molecule has 2 heteroatoms. The molecular formula is C9H21LiSi. The van der Waals surface area contributed by atoms with Crippen molar-refractivity contribution in [3.8, 4) is 0 Å². The van der Waals surface area contributed by atoms with Crippen LogP contribution in [-0.2, 0) is 0 Å². The molecule has 0 aliphatic carbocycles. The molecule has 0 aliphatic heterocycles. The summed E-state index contributed by atoms with van der Waals surface area (Å²) in [6.07, 6.45) is 2.65. The zero-order valence-electron chi connectivity index (χ0n) is 9.07. The molecule has 0 radical (unpaired) electrons. The summed E-state index contributed by atoms with van der Waals surface area (Å²) >= 11 is 0. The van der Waals surface area contributed by atoms with E-state index in [4.69, 9.17) is 0 Å². The average Bonchev–Trinajstić information content (AvgIpc) is 1.81. The van der Waals surface area contributed by atoms with E-state index < -0.39 is 8.07 Å². The molecule has 0 saturated heterocycles. The fourth-order valence-corrected chi connectivity index (χ4v) is 1.83. The SMILES string of the molecule is CCC(C)C[CH-][Si](C)(C)C.[Li+]. The van der Waals surface area contributed by atoms with E-state index in [0.29, 0.717) is 0 Å². The van der Waals surface area contributed by atoms with Crippen molar-refractivity contribution >= 4 is 8.07 Å². The molecule has 0 aromatic carbocycles. The summed E-state index contributed by atoms with van der Waals surface area (Å²) in [4.78, 5) is 0.